The molecule has 2 amide bonds. The number of piperidine rings is 1. The molecular weight excluding hydrogens is 592 g/mol. The van der Waals surface area contributed by atoms with Crippen LogP contribution < -0.4 is 11.1 Å². The predicted molar refractivity (Wildman–Crippen MR) is 149 cm³/mol. The summed E-state index contributed by atoms with van der Waals surface area (Å²) in [5, 5.41) is 7.78. The first-order valence-electron chi connectivity index (χ1n) is 13.6. The third kappa shape index (κ3) is 6.31. The zero-order chi connectivity index (χ0) is 31.8. The summed E-state index contributed by atoms with van der Waals surface area (Å²) in [6.45, 7) is 4.54. The van der Waals surface area contributed by atoms with Crippen LogP contribution in [0, 0.1) is 5.92 Å². The minimum Gasteiger partial charge on any atom is -0.383 e. The molecule has 5 rings (SSSR count). The Kier molecular flexibility index (Phi) is 8.23. The van der Waals surface area contributed by atoms with Crippen LogP contribution >= 0.6 is 0 Å². The smallest absolute Gasteiger partial charge is 0.383 e. The van der Waals surface area contributed by atoms with E-state index < -0.39 is 35.0 Å². The molecule has 44 heavy (non-hydrogen) atoms. The first-order chi connectivity index (χ1) is 20.8. The Bertz CT molecular complexity index is 1640. The van der Waals surface area contributed by atoms with E-state index in [9.17, 15) is 35.9 Å². The molecule has 1 aliphatic carbocycles. The van der Waals surface area contributed by atoms with Gasteiger partial charge >= 0.3 is 12.4 Å². The molecule has 1 saturated heterocycles. The van der Waals surface area contributed by atoms with E-state index in [4.69, 9.17) is 10.8 Å². The summed E-state index contributed by atoms with van der Waals surface area (Å²) in [4.78, 5) is 35.0. The number of carbonyl (C=O) groups excluding carboxylic acids is 2. The lowest BCUT2D eigenvalue weighted by atomic mass is 9.94. The Morgan fingerprint density at radius 1 is 1.09 bits per heavy atom. The van der Waals surface area contributed by atoms with Gasteiger partial charge in [-0.15, -0.1) is 0 Å². The zero-order valence-electron chi connectivity index (χ0n) is 23.1. The number of anilines is 1. The Morgan fingerprint density at radius 2 is 1.80 bits per heavy atom. The molecular formula is C29H27F6N7O2. The standard InChI is InChI=1S/C29H27F6N7O2/c1-2-22(43)41-9-3-4-21(14-41)42-26-23(25(36)38-15-39-26)24(40-42)17-7-5-16(6-8-17)13-37-27(44)18-10-19(28(30,31)32)12-20(11-18)29(33,34)35/h2,5,7-8,10-12,15-16,21H,1,3-4,6,9,13-14H2,(H,37,44)(H2,36,38,39)/t16?,21-/m1/s1. The van der Waals surface area contributed by atoms with Crippen molar-refractivity contribution in [1.29, 1.82) is 0 Å². The van der Waals surface area contributed by atoms with Gasteiger partial charge in [0, 0.05) is 25.2 Å². The first kappa shape index (κ1) is 30.8. The number of nitrogen functional groups attached to an aromatic ring is 1. The number of benzene rings is 1. The third-order valence-electron chi connectivity index (χ3n) is 7.58. The van der Waals surface area contributed by atoms with Crippen LogP contribution in [0.3, 0.4) is 0 Å². The number of aromatic nitrogens is 4. The molecule has 1 aromatic carbocycles. The Labute approximate surface area is 247 Å². The summed E-state index contributed by atoms with van der Waals surface area (Å²) in [5.74, 6) is -1.32. The molecule has 1 unspecified atom stereocenters. The van der Waals surface area contributed by atoms with Crippen LogP contribution in [0.4, 0.5) is 32.2 Å². The van der Waals surface area contributed by atoms with E-state index in [1.54, 1.807) is 21.7 Å². The molecule has 0 bridgehead atoms. The molecule has 0 spiro atoms. The van der Waals surface area contributed by atoms with Crippen molar-refractivity contribution >= 4 is 34.2 Å². The topological polar surface area (TPSA) is 119 Å². The SMILES string of the molecule is C=CC(=O)N1CCC[C@@H](n2nc(C3=CCC(CNC(=O)c4cc(C(F)(F)F)cc(C(F)(F)F)c4)C=C3)c3c(N)ncnc32)C1. The van der Waals surface area contributed by atoms with Crippen LogP contribution in [0.5, 0.6) is 0 Å². The van der Waals surface area contributed by atoms with E-state index in [1.807, 2.05) is 6.08 Å². The van der Waals surface area contributed by atoms with Crippen molar-refractivity contribution in [2.24, 2.45) is 5.92 Å². The maximum absolute atomic E-state index is 13.2. The second kappa shape index (κ2) is 11.8. The number of fused-ring (bicyclic) bond motifs is 1. The fraction of sp³-hybridized carbons (Fsp3) is 0.345. The van der Waals surface area contributed by atoms with Gasteiger partial charge < -0.3 is 16.0 Å². The fourth-order valence-corrected chi connectivity index (χ4v) is 5.34. The molecule has 15 heteroatoms. The van der Waals surface area contributed by atoms with Gasteiger partial charge in [0.2, 0.25) is 5.91 Å². The number of nitrogens with two attached hydrogens (primary N) is 1. The maximum Gasteiger partial charge on any atom is 0.416 e. The molecule has 3 aromatic rings. The van der Waals surface area contributed by atoms with Crippen LogP contribution in [-0.4, -0.2) is 56.1 Å². The van der Waals surface area contributed by atoms with Gasteiger partial charge in [0.1, 0.15) is 17.8 Å². The number of halogens is 6. The molecule has 9 nitrogen and oxygen atoms in total. The number of rotatable bonds is 6. The Morgan fingerprint density at radius 3 is 2.41 bits per heavy atom. The number of likely N-dealkylation sites (tertiary alicyclic amines) is 1. The Balaban J connectivity index is 1.32. The number of amides is 2. The minimum atomic E-state index is -5.06. The molecule has 1 fully saturated rings. The van der Waals surface area contributed by atoms with Gasteiger partial charge in [0.05, 0.1) is 22.6 Å². The van der Waals surface area contributed by atoms with Gasteiger partial charge in [-0.3, -0.25) is 9.59 Å². The van der Waals surface area contributed by atoms with Gasteiger partial charge in [-0.05, 0) is 55.0 Å². The molecule has 1 aliphatic heterocycles. The second-order valence-corrected chi connectivity index (χ2v) is 10.6. The highest BCUT2D eigenvalue weighted by molar-refractivity contribution is 5.98. The number of nitrogens with zero attached hydrogens (tertiary/aromatic N) is 5. The molecule has 232 valence electrons. The van der Waals surface area contributed by atoms with E-state index in [0.717, 1.165) is 12.8 Å². The van der Waals surface area contributed by atoms with Gasteiger partial charge in [-0.2, -0.15) is 31.4 Å². The summed E-state index contributed by atoms with van der Waals surface area (Å²) in [5.41, 5.74) is 4.07. The molecule has 2 atom stereocenters. The summed E-state index contributed by atoms with van der Waals surface area (Å²) in [6.07, 6.45) is -0.262. The van der Waals surface area contributed by atoms with Crippen LogP contribution in [0.2, 0.25) is 0 Å². The summed E-state index contributed by atoms with van der Waals surface area (Å²) >= 11 is 0. The zero-order valence-corrected chi connectivity index (χ0v) is 23.1. The summed E-state index contributed by atoms with van der Waals surface area (Å²) in [7, 11) is 0. The van der Waals surface area contributed by atoms with E-state index in [-0.39, 0.29) is 36.3 Å². The lowest BCUT2D eigenvalue weighted by molar-refractivity contribution is -0.143. The number of nitrogens with one attached hydrogen (secondary N) is 1. The van der Waals surface area contributed by atoms with E-state index in [1.165, 1.54) is 12.4 Å². The monoisotopic (exact) mass is 619 g/mol. The molecule has 2 aliphatic rings. The normalized spacial score (nSPS) is 19.1. The summed E-state index contributed by atoms with van der Waals surface area (Å²) in [6, 6.07) is 0.599. The van der Waals surface area contributed by atoms with Gasteiger partial charge in [-0.25, -0.2) is 14.6 Å². The van der Waals surface area contributed by atoms with E-state index >= 15 is 0 Å². The number of hydrogen-bond donors (Lipinski definition) is 2. The van der Waals surface area contributed by atoms with Crippen molar-refractivity contribution in [2.45, 2.75) is 37.7 Å². The molecule has 2 aromatic heterocycles. The predicted octanol–water partition coefficient (Wildman–Crippen LogP) is 5.19. The van der Waals surface area contributed by atoms with Crippen molar-refractivity contribution < 1.29 is 35.9 Å². The van der Waals surface area contributed by atoms with Crippen molar-refractivity contribution in [3.63, 3.8) is 0 Å². The lowest BCUT2D eigenvalue weighted by Gasteiger charge is -2.32. The Hall–Kier alpha value is -4.69. The number of carbonyl (C=O) groups is 2. The van der Waals surface area contributed by atoms with Gasteiger partial charge in [0.15, 0.2) is 5.65 Å². The van der Waals surface area contributed by atoms with E-state index in [0.29, 0.717) is 53.9 Å². The highest BCUT2D eigenvalue weighted by Crippen LogP contribution is 2.37. The fourth-order valence-electron chi connectivity index (χ4n) is 5.34. The van der Waals surface area contributed by atoms with Crippen molar-refractivity contribution in [2.75, 3.05) is 25.4 Å². The lowest BCUT2D eigenvalue weighted by Crippen LogP contribution is -2.40. The largest absolute Gasteiger partial charge is 0.416 e. The molecule has 3 heterocycles. The van der Waals surface area contributed by atoms with Crippen molar-refractivity contribution in [1.82, 2.24) is 30.0 Å². The summed E-state index contributed by atoms with van der Waals surface area (Å²) < 4.78 is 80.9. The number of hydrogen-bond acceptors (Lipinski definition) is 6. The van der Waals surface area contributed by atoms with Gasteiger partial charge in [-0.1, -0.05) is 24.8 Å². The highest BCUT2D eigenvalue weighted by atomic mass is 19.4. The van der Waals surface area contributed by atoms with Crippen LogP contribution in [0.15, 0.2) is 55.4 Å². The van der Waals surface area contributed by atoms with Crippen molar-refractivity contribution in [3.8, 4) is 0 Å². The van der Waals surface area contributed by atoms with E-state index in [2.05, 4.69) is 21.9 Å². The van der Waals surface area contributed by atoms with Crippen LogP contribution in [0.1, 0.15) is 52.5 Å². The van der Waals surface area contributed by atoms with Crippen LogP contribution in [0.25, 0.3) is 16.6 Å². The number of allylic oxidation sites excluding steroid dienone is 3. The average molecular weight is 620 g/mol. The maximum atomic E-state index is 13.2. The minimum absolute atomic E-state index is 0.0269. The average Bonchev–Trinajstić information content (AvgIpc) is 3.39. The molecule has 0 radical (unpaired) electrons. The number of alkyl halides is 6. The van der Waals surface area contributed by atoms with Gasteiger partial charge in [0.25, 0.3) is 5.91 Å². The molecule has 3 N–H and O–H groups in total. The second-order valence-electron chi connectivity index (χ2n) is 10.6. The van der Waals surface area contributed by atoms with Crippen LogP contribution in [-0.2, 0) is 17.1 Å². The first-order valence-corrected chi connectivity index (χ1v) is 13.6. The third-order valence-corrected chi connectivity index (χ3v) is 7.58. The molecule has 0 saturated carbocycles. The quantitative estimate of drug-likeness (QED) is 0.290. The van der Waals surface area contributed by atoms with Crippen molar-refractivity contribution in [3.05, 3.63) is 77.8 Å². The highest BCUT2D eigenvalue weighted by Gasteiger charge is 2.37.